The van der Waals surface area contributed by atoms with Crippen molar-refractivity contribution in [3.63, 3.8) is 0 Å². The van der Waals surface area contributed by atoms with E-state index in [1.54, 1.807) is 0 Å². The molecule has 4 unspecified atom stereocenters. The van der Waals surface area contributed by atoms with Crippen LogP contribution in [0.4, 0.5) is 0 Å². The first kappa shape index (κ1) is 25.0. The van der Waals surface area contributed by atoms with Crippen molar-refractivity contribution in [1.29, 1.82) is 10.5 Å². The Kier molecular flexibility index (Phi) is 5.51. The summed E-state index contributed by atoms with van der Waals surface area (Å²) in [4.78, 5) is 2.69. The van der Waals surface area contributed by atoms with Gasteiger partial charge < -0.3 is 4.57 Å². The summed E-state index contributed by atoms with van der Waals surface area (Å²) in [6, 6.07) is 29.1. The summed E-state index contributed by atoms with van der Waals surface area (Å²) in [5, 5.41) is 23.7. The predicted octanol–water partition coefficient (Wildman–Crippen LogP) is 10.3. The van der Waals surface area contributed by atoms with Crippen LogP contribution >= 0.6 is 23.1 Å². The average Bonchev–Trinajstić information content (AvgIpc) is 3.73. The standard InChI is InChI=1S/C38H25N3S2/c39-20-22-9-13-33(41-31-7-3-1-5-25(31)26-6-2-4-8-32(26)41)28(17-22)24-11-15-35-30(19-24)37-36(42-35)16-12-27-29-18-23(21-40)10-14-34(29)43-38(27)37/h1-8,10-17,19,22-23,27,38H,9,18H2. The van der Waals surface area contributed by atoms with Crippen LogP contribution in [0, 0.1) is 40.4 Å². The van der Waals surface area contributed by atoms with E-state index in [1.165, 1.54) is 52.8 Å². The smallest absolute Gasteiger partial charge is 0.0701 e. The maximum Gasteiger partial charge on any atom is 0.0701 e. The topological polar surface area (TPSA) is 52.5 Å². The van der Waals surface area contributed by atoms with Crippen molar-refractivity contribution >= 4 is 72.3 Å². The molecule has 43 heavy (non-hydrogen) atoms. The van der Waals surface area contributed by atoms with Crippen molar-refractivity contribution in [3.05, 3.63) is 124 Å². The lowest BCUT2D eigenvalue weighted by Gasteiger charge is -2.24. The van der Waals surface area contributed by atoms with Gasteiger partial charge in [0.1, 0.15) is 0 Å². The lowest BCUT2D eigenvalue weighted by Crippen LogP contribution is -2.12. The third-order valence-electron chi connectivity index (χ3n) is 9.39. The van der Waals surface area contributed by atoms with Crippen molar-refractivity contribution < 1.29 is 0 Å². The van der Waals surface area contributed by atoms with E-state index in [0.717, 1.165) is 23.3 Å². The number of para-hydroxylation sites is 2. The summed E-state index contributed by atoms with van der Waals surface area (Å²) in [6.07, 6.45) is 14.9. The second-order valence-electron chi connectivity index (χ2n) is 11.7. The van der Waals surface area contributed by atoms with Gasteiger partial charge in [-0.15, -0.1) is 23.1 Å². The maximum absolute atomic E-state index is 9.98. The molecular formula is C38H25N3S2. The number of hydrogen-bond acceptors (Lipinski definition) is 4. The van der Waals surface area contributed by atoms with Crippen LogP contribution in [0.3, 0.4) is 0 Å². The number of nitriles is 2. The Labute approximate surface area is 258 Å². The second kappa shape index (κ2) is 9.48. The molecule has 0 fully saturated rings. The maximum atomic E-state index is 9.98. The van der Waals surface area contributed by atoms with E-state index >= 15 is 0 Å². The highest BCUT2D eigenvalue weighted by molar-refractivity contribution is 8.03. The van der Waals surface area contributed by atoms with E-state index in [9.17, 15) is 10.5 Å². The number of rotatable bonds is 2. The third kappa shape index (κ3) is 3.66. The molecule has 5 aromatic rings. The summed E-state index contributed by atoms with van der Waals surface area (Å²) in [7, 11) is 0. The van der Waals surface area contributed by atoms with Gasteiger partial charge in [-0.3, -0.25) is 0 Å². The first-order valence-corrected chi connectivity index (χ1v) is 16.4. The molecule has 5 heteroatoms. The van der Waals surface area contributed by atoms with E-state index < -0.39 is 0 Å². The molecule has 4 aliphatic rings. The molecule has 2 aromatic heterocycles. The van der Waals surface area contributed by atoms with E-state index in [-0.39, 0.29) is 11.8 Å². The van der Waals surface area contributed by atoms with E-state index in [4.69, 9.17) is 0 Å². The minimum Gasteiger partial charge on any atom is -0.309 e. The molecule has 0 amide bonds. The Hall–Kier alpha value is -4.55. The monoisotopic (exact) mass is 587 g/mol. The Morgan fingerprint density at radius 3 is 2.35 bits per heavy atom. The van der Waals surface area contributed by atoms with Crippen LogP contribution in [0.5, 0.6) is 0 Å². The van der Waals surface area contributed by atoms with Crippen LogP contribution in [-0.2, 0) is 0 Å². The van der Waals surface area contributed by atoms with Crippen LogP contribution < -0.4 is 0 Å². The molecule has 3 heterocycles. The molecule has 1 aliphatic heterocycles. The lowest BCUT2D eigenvalue weighted by atomic mass is 9.80. The van der Waals surface area contributed by atoms with E-state index in [2.05, 4.69) is 120 Å². The molecule has 0 radical (unpaired) electrons. The number of thiophene rings is 1. The Bertz CT molecular complexity index is 2220. The highest BCUT2D eigenvalue weighted by Gasteiger charge is 2.40. The normalized spacial score (nSPS) is 24.0. The van der Waals surface area contributed by atoms with Gasteiger partial charge in [0.05, 0.1) is 35.0 Å². The minimum atomic E-state index is -0.160. The zero-order valence-electron chi connectivity index (χ0n) is 23.2. The molecule has 0 N–H and O–H groups in total. The van der Waals surface area contributed by atoms with Gasteiger partial charge in [-0.2, -0.15) is 10.5 Å². The predicted molar refractivity (Wildman–Crippen MR) is 180 cm³/mol. The highest BCUT2D eigenvalue weighted by Crippen LogP contribution is 2.60. The first-order chi connectivity index (χ1) is 21.2. The van der Waals surface area contributed by atoms with Crippen LogP contribution in [0.15, 0.2) is 108 Å². The Morgan fingerprint density at radius 1 is 0.814 bits per heavy atom. The van der Waals surface area contributed by atoms with Gasteiger partial charge in [-0.05, 0) is 65.3 Å². The number of allylic oxidation sites excluding steroid dienone is 8. The Balaban J connectivity index is 1.20. The number of hydrogen-bond donors (Lipinski definition) is 0. The zero-order valence-corrected chi connectivity index (χ0v) is 24.8. The molecule has 0 spiro atoms. The summed E-state index contributed by atoms with van der Waals surface area (Å²) < 4.78 is 3.68. The van der Waals surface area contributed by atoms with Gasteiger partial charge >= 0.3 is 0 Å². The molecule has 9 rings (SSSR count). The van der Waals surface area contributed by atoms with Crippen LogP contribution in [0.2, 0.25) is 0 Å². The third-order valence-corrected chi connectivity index (χ3v) is 12.0. The zero-order chi connectivity index (χ0) is 28.7. The molecular weight excluding hydrogens is 563 g/mol. The van der Waals surface area contributed by atoms with Crippen molar-refractivity contribution in [1.82, 2.24) is 4.57 Å². The number of aromatic nitrogens is 1. The van der Waals surface area contributed by atoms with Gasteiger partial charge in [0.15, 0.2) is 0 Å². The van der Waals surface area contributed by atoms with Crippen LogP contribution in [-0.4, -0.2) is 4.57 Å². The van der Waals surface area contributed by atoms with Crippen LogP contribution in [0.1, 0.15) is 34.1 Å². The fourth-order valence-electron chi connectivity index (χ4n) is 7.41. The van der Waals surface area contributed by atoms with Gasteiger partial charge in [0.25, 0.3) is 0 Å². The fourth-order valence-corrected chi connectivity index (χ4v) is 10.2. The summed E-state index contributed by atoms with van der Waals surface area (Å²) in [5.74, 6) is 0.142. The van der Waals surface area contributed by atoms with Crippen molar-refractivity contribution in [2.24, 2.45) is 17.8 Å². The lowest BCUT2D eigenvalue weighted by molar-refractivity contribution is 0.664. The van der Waals surface area contributed by atoms with Crippen molar-refractivity contribution in [3.8, 4) is 12.1 Å². The molecule has 204 valence electrons. The van der Waals surface area contributed by atoms with E-state index in [1.807, 2.05) is 23.1 Å². The first-order valence-electron chi connectivity index (χ1n) is 14.7. The van der Waals surface area contributed by atoms with Gasteiger partial charge in [0, 0.05) is 47.7 Å². The molecule has 3 aliphatic carbocycles. The summed E-state index contributed by atoms with van der Waals surface area (Å²) in [5.41, 5.74) is 8.62. The molecule has 3 aromatic carbocycles. The van der Waals surface area contributed by atoms with Crippen LogP contribution in [0.25, 0.3) is 49.2 Å². The second-order valence-corrected chi connectivity index (χ2v) is 14.0. The molecule has 0 bridgehead atoms. The number of fused-ring (bicyclic) bond motifs is 9. The van der Waals surface area contributed by atoms with Crippen molar-refractivity contribution in [2.45, 2.75) is 18.1 Å². The highest BCUT2D eigenvalue weighted by atomic mass is 32.2. The molecule has 0 saturated heterocycles. The van der Waals surface area contributed by atoms with Gasteiger partial charge in [0.2, 0.25) is 0 Å². The van der Waals surface area contributed by atoms with E-state index in [0.29, 0.717) is 17.6 Å². The Morgan fingerprint density at radius 2 is 1.58 bits per heavy atom. The SMILES string of the molecule is N#CC1C=C(c2ccc3sc4c(c3c2)C2SC3=C(CC(C#N)C=C3)C2C=C4)C(n2c3ccccc3c3ccccc32)=CC1. The molecule has 4 atom stereocenters. The molecule has 0 saturated carbocycles. The van der Waals surface area contributed by atoms with Crippen molar-refractivity contribution in [2.75, 3.05) is 0 Å². The number of benzene rings is 3. The quantitative estimate of drug-likeness (QED) is 0.206. The largest absolute Gasteiger partial charge is 0.309 e. The average molecular weight is 588 g/mol. The number of thioether (sulfide) groups is 1. The summed E-state index contributed by atoms with van der Waals surface area (Å²) in [6.45, 7) is 0. The fraction of sp³-hybridized carbons (Fsp3) is 0.158. The summed E-state index contributed by atoms with van der Waals surface area (Å²) >= 11 is 3.83. The van der Waals surface area contributed by atoms with Gasteiger partial charge in [-0.1, -0.05) is 72.8 Å². The minimum absolute atomic E-state index is 0.0314. The number of nitrogens with zero attached hydrogens (tertiary/aromatic N) is 3. The van der Waals surface area contributed by atoms with Gasteiger partial charge in [-0.25, -0.2) is 0 Å². The molecule has 3 nitrogen and oxygen atoms in total.